The van der Waals surface area contributed by atoms with E-state index in [4.69, 9.17) is 4.74 Å². The van der Waals surface area contributed by atoms with Crippen LogP contribution in [0.2, 0.25) is 0 Å². The number of rotatable bonds is 6. The average Bonchev–Trinajstić information content (AvgIpc) is 3.11. The van der Waals surface area contributed by atoms with Crippen LogP contribution in [0.25, 0.3) is 0 Å². The molecule has 1 aromatic carbocycles. The van der Waals surface area contributed by atoms with Gasteiger partial charge in [0.1, 0.15) is 5.75 Å². The van der Waals surface area contributed by atoms with Crippen LogP contribution in [-0.4, -0.2) is 53.2 Å². The number of hydrogen-bond donors (Lipinski definition) is 2. The molecule has 6 nitrogen and oxygen atoms in total. The van der Waals surface area contributed by atoms with E-state index in [0.29, 0.717) is 13.0 Å². The van der Waals surface area contributed by atoms with Gasteiger partial charge in [-0.05, 0) is 24.1 Å². The lowest BCUT2D eigenvalue weighted by atomic mass is 10.0. The van der Waals surface area contributed by atoms with E-state index in [0.717, 1.165) is 36.5 Å². The molecule has 0 spiro atoms. The third kappa shape index (κ3) is 5.01. The number of benzene rings is 1. The molecule has 2 atom stereocenters. The fraction of sp³-hybridized carbons (Fsp3) is 0.444. The van der Waals surface area contributed by atoms with Crippen molar-refractivity contribution in [3.05, 3.63) is 46.4 Å². The van der Waals surface area contributed by atoms with Crippen LogP contribution in [0, 0.1) is 0 Å². The fourth-order valence-corrected chi connectivity index (χ4v) is 3.59. The average molecular weight is 361 g/mol. The summed E-state index contributed by atoms with van der Waals surface area (Å²) in [7, 11) is 1.61. The van der Waals surface area contributed by atoms with Gasteiger partial charge in [-0.1, -0.05) is 12.1 Å². The molecule has 2 aromatic rings. The third-order valence-electron chi connectivity index (χ3n) is 4.41. The van der Waals surface area contributed by atoms with Crippen molar-refractivity contribution in [2.75, 3.05) is 20.2 Å². The molecule has 3 rings (SSSR count). The van der Waals surface area contributed by atoms with Crippen LogP contribution >= 0.6 is 11.3 Å². The number of likely N-dealkylation sites (tertiary alicyclic amines) is 1. The predicted molar refractivity (Wildman–Crippen MR) is 96.6 cm³/mol. The summed E-state index contributed by atoms with van der Waals surface area (Å²) < 4.78 is 5.12. The maximum absolute atomic E-state index is 12.2. The van der Waals surface area contributed by atoms with E-state index in [1.54, 1.807) is 18.4 Å². The Labute approximate surface area is 151 Å². The van der Waals surface area contributed by atoms with E-state index in [1.165, 1.54) is 0 Å². The number of ether oxygens (including phenoxy) is 1. The molecule has 1 aliphatic rings. The molecule has 1 amide bonds. The van der Waals surface area contributed by atoms with Crippen LogP contribution in [0.1, 0.15) is 17.7 Å². The van der Waals surface area contributed by atoms with Crippen LogP contribution in [0.3, 0.4) is 0 Å². The van der Waals surface area contributed by atoms with Crippen LogP contribution in [0.4, 0.5) is 0 Å². The number of hydrogen-bond acceptors (Lipinski definition) is 6. The van der Waals surface area contributed by atoms with Gasteiger partial charge in [-0.2, -0.15) is 0 Å². The maximum atomic E-state index is 12.2. The molecular weight excluding hydrogens is 338 g/mol. The van der Waals surface area contributed by atoms with Crippen molar-refractivity contribution in [3.63, 3.8) is 0 Å². The first-order valence-corrected chi connectivity index (χ1v) is 9.28. The van der Waals surface area contributed by atoms with Crippen molar-refractivity contribution in [1.82, 2.24) is 15.2 Å². The molecule has 0 saturated carbocycles. The van der Waals surface area contributed by atoms with Crippen molar-refractivity contribution in [2.24, 2.45) is 0 Å². The molecule has 0 aliphatic carbocycles. The number of carbonyl (C=O) groups is 1. The highest BCUT2D eigenvalue weighted by Crippen LogP contribution is 2.16. The van der Waals surface area contributed by atoms with Crippen LogP contribution in [-0.2, 0) is 17.8 Å². The second-order valence-corrected chi connectivity index (χ2v) is 6.99. The first-order chi connectivity index (χ1) is 12.1. The van der Waals surface area contributed by atoms with Gasteiger partial charge < -0.3 is 15.2 Å². The van der Waals surface area contributed by atoms with E-state index in [9.17, 15) is 9.90 Å². The Bertz CT molecular complexity index is 675. The number of amides is 1. The maximum Gasteiger partial charge on any atom is 0.224 e. The molecular formula is C18H23N3O3S. The van der Waals surface area contributed by atoms with Gasteiger partial charge in [0.25, 0.3) is 0 Å². The molecule has 1 fully saturated rings. The largest absolute Gasteiger partial charge is 0.497 e. The highest BCUT2D eigenvalue weighted by molar-refractivity contribution is 7.07. The zero-order valence-corrected chi connectivity index (χ0v) is 15.0. The van der Waals surface area contributed by atoms with Gasteiger partial charge in [0, 0.05) is 25.0 Å². The van der Waals surface area contributed by atoms with Gasteiger partial charge in [0.2, 0.25) is 5.91 Å². The standard InChI is InChI=1S/C18H23N3O3S/c1-24-15-4-2-13(3-5-15)8-18(23)20-16-6-7-21(10-17(16)22)9-14-11-25-12-19-14/h2-5,11-12,16-17,22H,6-10H2,1H3,(H,20,23)/t16-,17-/m1/s1. The van der Waals surface area contributed by atoms with E-state index < -0.39 is 6.10 Å². The molecule has 2 heterocycles. The highest BCUT2D eigenvalue weighted by atomic mass is 32.1. The Balaban J connectivity index is 1.47. The Morgan fingerprint density at radius 1 is 1.44 bits per heavy atom. The number of nitrogens with zero attached hydrogens (tertiary/aromatic N) is 2. The van der Waals surface area contributed by atoms with Gasteiger partial charge in [-0.3, -0.25) is 9.69 Å². The van der Waals surface area contributed by atoms with Gasteiger partial charge in [-0.15, -0.1) is 11.3 Å². The van der Waals surface area contributed by atoms with E-state index in [1.807, 2.05) is 35.2 Å². The normalized spacial score (nSPS) is 21.0. The minimum atomic E-state index is -0.563. The summed E-state index contributed by atoms with van der Waals surface area (Å²) in [6.07, 6.45) is 0.474. The highest BCUT2D eigenvalue weighted by Gasteiger charge is 2.29. The molecule has 25 heavy (non-hydrogen) atoms. The molecule has 0 unspecified atom stereocenters. The van der Waals surface area contributed by atoms with Gasteiger partial charge in [-0.25, -0.2) is 4.98 Å². The Morgan fingerprint density at radius 3 is 2.88 bits per heavy atom. The van der Waals surface area contributed by atoms with E-state index >= 15 is 0 Å². The van der Waals surface area contributed by atoms with Gasteiger partial charge >= 0.3 is 0 Å². The first-order valence-electron chi connectivity index (χ1n) is 8.34. The third-order valence-corrected chi connectivity index (χ3v) is 5.04. The predicted octanol–water partition coefficient (Wildman–Crippen LogP) is 1.45. The van der Waals surface area contributed by atoms with Gasteiger partial charge in [0.05, 0.1) is 36.9 Å². The van der Waals surface area contributed by atoms with Crippen molar-refractivity contribution in [2.45, 2.75) is 31.5 Å². The topological polar surface area (TPSA) is 74.7 Å². The second-order valence-electron chi connectivity index (χ2n) is 6.27. The van der Waals surface area contributed by atoms with E-state index in [-0.39, 0.29) is 11.9 Å². The number of aliphatic hydroxyl groups is 1. The number of nitrogens with one attached hydrogen (secondary N) is 1. The summed E-state index contributed by atoms with van der Waals surface area (Å²) in [5, 5.41) is 15.3. The lowest BCUT2D eigenvalue weighted by molar-refractivity contribution is -0.122. The zero-order chi connectivity index (χ0) is 17.6. The summed E-state index contributed by atoms with van der Waals surface area (Å²) in [6.45, 7) is 2.13. The molecule has 2 N–H and O–H groups in total. The summed E-state index contributed by atoms with van der Waals surface area (Å²) >= 11 is 1.58. The Kier molecular flexibility index (Phi) is 6.01. The summed E-state index contributed by atoms with van der Waals surface area (Å²) in [6, 6.07) is 7.25. The minimum absolute atomic E-state index is 0.0674. The smallest absolute Gasteiger partial charge is 0.224 e. The first kappa shape index (κ1) is 17.8. The Hall–Kier alpha value is -1.96. The number of carbonyl (C=O) groups excluding carboxylic acids is 1. The number of β-amino-alcohol motifs (C(OH)–C–C–N with tert-alkyl or cyclic N) is 1. The summed E-state index contributed by atoms with van der Waals surface area (Å²) in [5.41, 5.74) is 3.77. The molecule has 7 heteroatoms. The monoisotopic (exact) mass is 361 g/mol. The lowest BCUT2D eigenvalue weighted by Gasteiger charge is -2.36. The number of aromatic nitrogens is 1. The van der Waals surface area contributed by atoms with Crippen molar-refractivity contribution in [1.29, 1.82) is 0 Å². The molecule has 1 aliphatic heterocycles. The van der Waals surface area contributed by atoms with E-state index in [2.05, 4.69) is 15.2 Å². The van der Waals surface area contributed by atoms with Crippen LogP contribution in [0.5, 0.6) is 5.75 Å². The number of thiazole rings is 1. The summed E-state index contributed by atoms with van der Waals surface area (Å²) in [5.74, 6) is 0.703. The number of piperidine rings is 1. The zero-order valence-electron chi connectivity index (χ0n) is 14.2. The quantitative estimate of drug-likeness (QED) is 0.815. The Morgan fingerprint density at radius 2 is 2.24 bits per heavy atom. The minimum Gasteiger partial charge on any atom is -0.497 e. The van der Waals surface area contributed by atoms with Gasteiger partial charge in [0.15, 0.2) is 0 Å². The van der Waals surface area contributed by atoms with Crippen molar-refractivity contribution < 1.29 is 14.6 Å². The molecule has 1 aromatic heterocycles. The number of methoxy groups -OCH3 is 1. The van der Waals surface area contributed by atoms with Crippen LogP contribution < -0.4 is 10.1 Å². The molecule has 134 valence electrons. The second kappa shape index (κ2) is 8.42. The molecule has 0 radical (unpaired) electrons. The molecule has 1 saturated heterocycles. The van der Waals surface area contributed by atoms with Crippen molar-refractivity contribution in [3.8, 4) is 5.75 Å². The molecule has 0 bridgehead atoms. The lowest BCUT2D eigenvalue weighted by Crippen LogP contribution is -2.54. The summed E-state index contributed by atoms with van der Waals surface area (Å²) in [4.78, 5) is 18.7. The number of aliphatic hydroxyl groups excluding tert-OH is 1. The SMILES string of the molecule is COc1ccc(CC(=O)N[C@@H]2CCN(Cc3cscn3)C[C@H]2O)cc1. The van der Waals surface area contributed by atoms with Crippen LogP contribution in [0.15, 0.2) is 35.2 Å². The fourth-order valence-electron chi connectivity index (χ4n) is 3.04. The van der Waals surface area contributed by atoms with Crippen molar-refractivity contribution >= 4 is 17.2 Å².